The Labute approximate surface area is 75.8 Å². The Bertz CT molecular complexity index is 96.5. The van der Waals surface area contributed by atoms with Crippen molar-refractivity contribution < 1.29 is 5.11 Å². The third kappa shape index (κ3) is 6.58. The van der Waals surface area contributed by atoms with Gasteiger partial charge in [0.15, 0.2) is 0 Å². The van der Waals surface area contributed by atoms with Gasteiger partial charge in [0.1, 0.15) is 0 Å². The van der Waals surface area contributed by atoms with Crippen molar-refractivity contribution in [2.24, 2.45) is 0 Å². The molecule has 0 fully saturated rings. The van der Waals surface area contributed by atoms with Crippen molar-refractivity contribution in [2.75, 3.05) is 33.8 Å². The SMILES string of the molecule is CC(CNCCCCO)N(C)C. The van der Waals surface area contributed by atoms with Crippen LogP contribution in [0.25, 0.3) is 0 Å². The minimum Gasteiger partial charge on any atom is -0.396 e. The van der Waals surface area contributed by atoms with Gasteiger partial charge in [-0.1, -0.05) is 0 Å². The average molecular weight is 174 g/mol. The Morgan fingerprint density at radius 1 is 1.33 bits per heavy atom. The molecule has 0 aromatic rings. The molecule has 0 heterocycles. The highest BCUT2D eigenvalue weighted by Crippen LogP contribution is 1.89. The molecule has 0 saturated heterocycles. The molecule has 0 aliphatic carbocycles. The molecule has 0 rings (SSSR count). The molecule has 0 spiro atoms. The summed E-state index contributed by atoms with van der Waals surface area (Å²) in [5.74, 6) is 0. The first-order chi connectivity index (χ1) is 5.68. The quantitative estimate of drug-likeness (QED) is 0.545. The van der Waals surface area contributed by atoms with Gasteiger partial charge in [0.05, 0.1) is 0 Å². The number of nitrogens with zero attached hydrogens (tertiary/aromatic N) is 1. The molecule has 2 N–H and O–H groups in total. The van der Waals surface area contributed by atoms with Gasteiger partial charge in [-0.05, 0) is 40.4 Å². The van der Waals surface area contributed by atoms with Gasteiger partial charge in [-0.2, -0.15) is 0 Å². The fourth-order valence-corrected chi connectivity index (χ4v) is 0.855. The summed E-state index contributed by atoms with van der Waals surface area (Å²) in [7, 11) is 4.17. The van der Waals surface area contributed by atoms with Crippen LogP contribution in [0.1, 0.15) is 19.8 Å². The third-order valence-electron chi connectivity index (χ3n) is 2.08. The van der Waals surface area contributed by atoms with Crippen molar-refractivity contribution in [3.63, 3.8) is 0 Å². The normalized spacial score (nSPS) is 13.8. The van der Waals surface area contributed by atoms with Crippen molar-refractivity contribution in [1.29, 1.82) is 0 Å². The topological polar surface area (TPSA) is 35.5 Å². The molecule has 0 radical (unpaired) electrons. The summed E-state index contributed by atoms with van der Waals surface area (Å²) in [5, 5.41) is 11.9. The fraction of sp³-hybridized carbons (Fsp3) is 1.00. The molecule has 1 unspecified atom stereocenters. The fourth-order valence-electron chi connectivity index (χ4n) is 0.855. The maximum absolute atomic E-state index is 8.53. The Morgan fingerprint density at radius 3 is 2.50 bits per heavy atom. The van der Waals surface area contributed by atoms with E-state index >= 15 is 0 Å². The number of aliphatic hydroxyl groups excluding tert-OH is 1. The minimum atomic E-state index is 0.310. The van der Waals surface area contributed by atoms with Gasteiger partial charge in [-0.3, -0.25) is 0 Å². The van der Waals surface area contributed by atoms with Crippen LogP contribution in [0.5, 0.6) is 0 Å². The van der Waals surface area contributed by atoms with Gasteiger partial charge >= 0.3 is 0 Å². The number of hydrogen-bond donors (Lipinski definition) is 2. The predicted molar refractivity (Wildman–Crippen MR) is 52.3 cm³/mol. The van der Waals surface area contributed by atoms with E-state index < -0.39 is 0 Å². The van der Waals surface area contributed by atoms with Crippen molar-refractivity contribution >= 4 is 0 Å². The second-order valence-electron chi connectivity index (χ2n) is 3.45. The molecule has 12 heavy (non-hydrogen) atoms. The zero-order valence-electron chi connectivity index (χ0n) is 8.51. The summed E-state index contributed by atoms with van der Waals surface area (Å²) >= 11 is 0. The molecular weight excluding hydrogens is 152 g/mol. The Balaban J connectivity index is 3.08. The summed E-state index contributed by atoms with van der Waals surface area (Å²) in [5.41, 5.74) is 0. The summed E-state index contributed by atoms with van der Waals surface area (Å²) in [4.78, 5) is 2.19. The van der Waals surface area contributed by atoms with Crippen LogP contribution in [0.15, 0.2) is 0 Å². The third-order valence-corrected chi connectivity index (χ3v) is 2.08. The molecule has 74 valence electrons. The molecular formula is C9H22N2O. The standard InChI is InChI=1S/C9H22N2O/c1-9(11(2)3)8-10-6-4-5-7-12/h9-10,12H,4-8H2,1-3H3. The molecule has 0 amide bonds. The highest BCUT2D eigenvalue weighted by molar-refractivity contribution is 4.62. The van der Waals surface area contributed by atoms with Gasteiger partial charge in [-0.15, -0.1) is 0 Å². The highest BCUT2D eigenvalue weighted by Gasteiger charge is 2.01. The van der Waals surface area contributed by atoms with Crippen molar-refractivity contribution in [1.82, 2.24) is 10.2 Å². The maximum Gasteiger partial charge on any atom is 0.0431 e. The van der Waals surface area contributed by atoms with Crippen LogP contribution in [0.2, 0.25) is 0 Å². The molecule has 0 aliphatic heterocycles. The number of unbranched alkanes of at least 4 members (excludes halogenated alkanes) is 1. The Morgan fingerprint density at radius 2 is 2.00 bits per heavy atom. The molecule has 0 bridgehead atoms. The van der Waals surface area contributed by atoms with Crippen LogP contribution >= 0.6 is 0 Å². The van der Waals surface area contributed by atoms with Crippen LogP contribution in [-0.2, 0) is 0 Å². The minimum absolute atomic E-state index is 0.310. The lowest BCUT2D eigenvalue weighted by Gasteiger charge is -2.19. The second-order valence-corrected chi connectivity index (χ2v) is 3.45. The first-order valence-electron chi connectivity index (χ1n) is 4.66. The average Bonchev–Trinajstić information content (AvgIpc) is 2.03. The van der Waals surface area contributed by atoms with Crippen molar-refractivity contribution in [2.45, 2.75) is 25.8 Å². The van der Waals surface area contributed by atoms with Gasteiger partial charge < -0.3 is 15.3 Å². The Kier molecular flexibility index (Phi) is 7.45. The lowest BCUT2D eigenvalue weighted by molar-refractivity contribution is 0.278. The van der Waals surface area contributed by atoms with Crippen LogP contribution in [0, 0.1) is 0 Å². The number of nitrogens with one attached hydrogen (secondary N) is 1. The molecule has 1 atom stereocenters. The molecule has 0 aromatic carbocycles. The zero-order chi connectivity index (χ0) is 9.40. The lowest BCUT2D eigenvalue weighted by Crippen LogP contribution is -2.35. The Hall–Kier alpha value is -0.120. The first kappa shape index (κ1) is 11.9. The smallest absolute Gasteiger partial charge is 0.0431 e. The van der Waals surface area contributed by atoms with Crippen molar-refractivity contribution in [3.8, 4) is 0 Å². The predicted octanol–water partition coefficient (Wildman–Crippen LogP) is 0.299. The van der Waals surface area contributed by atoms with Crippen LogP contribution < -0.4 is 5.32 Å². The van der Waals surface area contributed by atoms with Crippen molar-refractivity contribution in [3.05, 3.63) is 0 Å². The molecule has 0 aliphatic rings. The maximum atomic E-state index is 8.53. The van der Waals surface area contributed by atoms with E-state index in [1.165, 1.54) is 0 Å². The second kappa shape index (κ2) is 7.53. The van der Waals surface area contributed by atoms with Crippen LogP contribution in [-0.4, -0.2) is 49.8 Å². The van der Waals surface area contributed by atoms with E-state index in [1.54, 1.807) is 0 Å². The van der Waals surface area contributed by atoms with Gasteiger partial charge in [0, 0.05) is 19.2 Å². The largest absolute Gasteiger partial charge is 0.396 e. The monoisotopic (exact) mass is 174 g/mol. The molecule has 0 saturated carbocycles. The summed E-state index contributed by atoms with van der Waals surface area (Å²) in [6, 6.07) is 0.583. The van der Waals surface area contributed by atoms with Crippen LogP contribution in [0.3, 0.4) is 0 Å². The zero-order valence-corrected chi connectivity index (χ0v) is 8.51. The van der Waals surface area contributed by atoms with Gasteiger partial charge in [0.25, 0.3) is 0 Å². The van der Waals surface area contributed by atoms with Crippen LogP contribution in [0.4, 0.5) is 0 Å². The highest BCUT2D eigenvalue weighted by atomic mass is 16.2. The van der Waals surface area contributed by atoms with E-state index in [1.807, 2.05) is 0 Å². The summed E-state index contributed by atoms with van der Waals surface area (Å²) in [6.45, 7) is 4.54. The van der Waals surface area contributed by atoms with E-state index in [4.69, 9.17) is 5.11 Å². The molecule has 0 aromatic heterocycles. The van der Waals surface area contributed by atoms with E-state index in [2.05, 4.69) is 31.2 Å². The van der Waals surface area contributed by atoms with E-state index in [0.29, 0.717) is 12.6 Å². The lowest BCUT2D eigenvalue weighted by atomic mass is 10.3. The van der Waals surface area contributed by atoms with E-state index in [-0.39, 0.29) is 0 Å². The van der Waals surface area contributed by atoms with E-state index in [0.717, 1.165) is 25.9 Å². The van der Waals surface area contributed by atoms with Gasteiger partial charge in [-0.25, -0.2) is 0 Å². The number of aliphatic hydroxyl groups is 1. The summed E-state index contributed by atoms with van der Waals surface area (Å²) < 4.78 is 0. The number of rotatable bonds is 7. The number of hydrogen-bond acceptors (Lipinski definition) is 3. The molecule has 3 nitrogen and oxygen atoms in total. The molecule has 3 heteroatoms. The van der Waals surface area contributed by atoms with Gasteiger partial charge in [0.2, 0.25) is 0 Å². The first-order valence-corrected chi connectivity index (χ1v) is 4.66. The van der Waals surface area contributed by atoms with E-state index in [9.17, 15) is 0 Å². The number of likely N-dealkylation sites (N-methyl/N-ethyl adjacent to an activating group) is 1. The summed E-state index contributed by atoms with van der Waals surface area (Å²) in [6.07, 6.45) is 1.97.